The van der Waals surface area contributed by atoms with Crippen LogP contribution in [-0.2, 0) is 6.61 Å². The molecule has 0 aliphatic heterocycles. The van der Waals surface area contributed by atoms with Crippen molar-refractivity contribution in [1.29, 1.82) is 0 Å². The van der Waals surface area contributed by atoms with Crippen molar-refractivity contribution in [2.45, 2.75) is 6.61 Å². The van der Waals surface area contributed by atoms with Crippen molar-refractivity contribution in [3.05, 3.63) is 75.3 Å². The first-order chi connectivity index (χ1) is 11.6. The lowest BCUT2D eigenvalue weighted by molar-refractivity contribution is 0.103. The second-order valence-electron chi connectivity index (χ2n) is 4.88. The fourth-order valence-electron chi connectivity index (χ4n) is 1.90. The van der Waals surface area contributed by atoms with E-state index in [9.17, 15) is 9.18 Å². The molecule has 24 heavy (non-hydrogen) atoms. The number of anilines is 1. The molecule has 0 saturated carbocycles. The Morgan fingerprint density at radius 3 is 2.75 bits per heavy atom. The Balaban J connectivity index is 1.59. The number of amides is 1. The normalized spacial score (nSPS) is 10.4. The Morgan fingerprint density at radius 1 is 1.25 bits per heavy atom. The minimum absolute atomic E-state index is 0.247. The second-order valence-corrected chi connectivity index (χ2v) is 6.23. The van der Waals surface area contributed by atoms with Gasteiger partial charge in [0.15, 0.2) is 0 Å². The highest BCUT2D eigenvalue weighted by Gasteiger charge is 2.10. The molecule has 0 atom stereocenters. The smallest absolute Gasteiger partial charge is 0.266 e. The standard InChI is InChI=1S/C17H12ClFN2O2S/c18-12-1-6-16(20-8-12)21-17(22)15-7-11(10-24-15)9-23-14-4-2-13(19)3-5-14/h1-8,10H,9H2,(H,20,21,22). The number of aromatic nitrogens is 1. The van der Waals surface area contributed by atoms with Crippen LogP contribution in [0.1, 0.15) is 15.2 Å². The molecule has 0 radical (unpaired) electrons. The van der Waals surface area contributed by atoms with Crippen LogP contribution in [0.15, 0.2) is 54.0 Å². The van der Waals surface area contributed by atoms with E-state index >= 15 is 0 Å². The molecule has 0 aliphatic rings. The summed E-state index contributed by atoms with van der Waals surface area (Å²) in [4.78, 5) is 16.7. The van der Waals surface area contributed by atoms with Gasteiger partial charge in [-0.3, -0.25) is 4.79 Å². The van der Waals surface area contributed by atoms with E-state index in [1.807, 2.05) is 5.38 Å². The van der Waals surface area contributed by atoms with Gasteiger partial charge in [-0.15, -0.1) is 11.3 Å². The molecular formula is C17H12ClFN2O2S. The van der Waals surface area contributed by atoms with Crippen LogP contribution in [-0.4, -0.2) is 10.9 Å². The molecule has 0 aliphatic carbocycles. The average molecular weight is 363 g/mol. The Morgan fingerprint density at radius 2 is 2.04 bits per heavy atom. The minimum Gasteiger partial charge on any atom is -0.489 e. The zero-order chi connectivity index (χ0) is 16.9. The summed E-state index contributed by atoms with van der Waals surface area (Å²) in [6.07, 6.45) is 1.47. The average Bonchev–Trinajstić information content (AvgIpc) is 3.06. The van der Waals surface area contributed by atoms with Gasteiger partial charge in [0.1, 0.15) is 24.0 Å². The van der Waals surface area contributed by atoms with Crippen molar-refractivity contribution in [3.63, 3.8) is 0 Å². The zero-order valence-electron chi connectivity index (χ0n) is 12.3. The molecule has 2 heterocycles. The van der Waals surface area contributed by atoms with Gasteiger partial charge in [0.05, 0.1) is 9.90 Å². The van der Waals surface area contributed by atoms with Crippen LogP contribution in [0.4, 0.5) is 10.2 Å². The molecular weight excluding hydrogens is 351 g/mol. The van der Waals surface area contributed by atoms with Crippen molar-refractivity contribution in [1.82, 2.24) is 4.98 Å². The maximum absolute atomic E-state index is 12.8. The first kappa shape index (κ1) is 16.4. The highest BCUT2D eigenvalue weighted by atomic mass is 35.5. The summed E-state index contributed by atoms with van der Waals surface area (Å²) in [7, 11) is 0. The van der Waals surface area contributed by atoms with Crippen molar-refractivity contribution in [3.8, 4) is 5.75 Å². The summed E-state index contributed by atoms with van der Waals surface area (Å²) >= 11 is 7.07. The Hall–Kier alpha value is -2.44. The van der Waals surface area contributed by atoms with E-state index in [0.717, 1.165) is 5.56 Å². The summed E-state index contributed by atoms with van der Waals surface area (Å²) in [5.41, 5.74) is 0.860. The predicted octanol–water partition coefficient (Wildman–Crippen LogP) is 4.77. The molecule has 3 rings (SSSR count). The van der Waals surface area contributed by atoms with Gasteiger partial charge in [0, 0.05) is 11.8 Å². The van der Waals surface area contributed by atoms with E-state index in [1.54, 1.807) is 30.3 Å². The highest BCUT2D eigenvalue weighted by Crippen LogP contribution is 2.19. The lowest BCUT2D eigenvalue weighted by atomic mass is 10.3. The Bertz CT molecular complexity index is 835. The van der Waals surface area contributed by atoms with Gasteiger partial charge in [-0.1, -0.05) is 11.6 Å². The number of hydrogen-bond acceptors (Lipinski definition) is 4. The van der Waals surface area contributed by atoms with Gasteiger partial charge < -0.3 is 10.1 Å². The van der Waals surface area contributed by atoms with Crippen molar-refractivity contribution < 1.29 is 13.9 Å². The molecule has 0 spiro atoms. The van der Waals surface area contributed by atoms with Gasteiger partial charge in [0.2, 0.25) is 0 Å². The molecule has 1 N–H and O–H groups in total. The van der Waals surface area contributed by atoms with Crippen molar-refractivity contribution in [2.24, 2.45) is 0 Å². The molecule has 0 saturated heterocycles. The molecule has 1 amide bonds. The molecule has 2 aromatic heterocycles. The second kappa shape index (κ2) is 7.42. The van der Waals surface area contributed by atoms with Gasteiger partial charge in [0.25, 0.3) is 5.91 Å². The fourth-order valence-corrected chi connectivity index (χ4v) is 2.80. The number of benzene rings is 1. The summed E-state index contributed by atoms with van der Waals surface area (Å²) in [6.45, 7) is 0.300. The number of thiophene rings is 1. The lowest BCUT2D eigenvalue weighted by Crippen LogP contribution is -2.11. The van der Waals surface area contributed by atoms with Gasteiger partial charge >= 0.3 is 0 Å². The van der Waals surface area contributed by atoms with Crippen LogP contribution in [0, 0.1) is 5.82 Å². The monoisotopic (exact) mass is 362 g/mol. The maximum Gasteiger partial charge on any atom is 0.266 e. The summed E-state index contributed by atoms with van der Waals surface area (Å²) < 4.78 is 18.4. The van der Waals surface area contributed by atoms with Crippen LogP contribution < -0.4 is 10.1 Å². The van der Waals surface area contributed by atoms with E-state index < -0.39 is 0 Å². The third-order valence-corrected chi connectivity index (χ3v) is 4.27. The fraction of sp³-hybridized carbons (Fsp3) is 0.0588. The van der Waals surface area contributed by atoms with E-state index in [1.165, 1.54) is 29.7 Å². The third-order valence-electron chi connectivity index (χ3n) is 3.07. The van der Waals surface area contributed by atoms with Crippen LogP contribution in [0.5, 0.6) is 5.75 Å². The van der Waals surface area contributed by atoms with Gasteiger partial charge in [-0.05, 0) is 47.8 Å². The quantitative estimate of drug-likeness (QED) is 0.711. The largest absolute Gasteiger partial charge is 0.489 e. The van der Waals surface area contributed by atoms with Crippen LogP contribution in [0.2, 0.25) is 5.02 Å². The SMILES string of the molecule is O=C(Nc1ccc(Cl)cn1)c1cc(COc2ccc(F)cc2)cs1. The van der Waals surface area contributed by atoms with Gasteiger partial charge in [-0.2, -0.15) is 0 Å². The number of carbonyl (C=O) groups is 1. The van der Waals surface area contributed by atoms with E-state index in [2.05, 4.69) is 10.3 Å². The highest BCUT2D eigenvalue weighted by molar-refractivity contribution is 7.12. The topological polar surface area (TPSA) is 51.2 Å². The molecule has 0 unspecified atom stereocenters. The first-order valence-corrected chi connectivity index (χ1v) is 8.24. The summed E-state index contributed by atoms with van der Waals surface area (Å²) in [6, 6.07) is 10.8. The van der Waals surface area contributed by atoms with Crippen LogP contribution in [0.25, 0.3) is 0 Å². The number of hydrogen-bond donors (Lipinski definition) is 1. The Kier molecular flexibility index (Phi) is 5.08. The van der Waals surface area contributed by atoms with E-state index in [0.29, 0.717) is 28.1 Å². The molecule has 1 aromatic carbocycles. The number of pyridine rings is 1. The number of ether oxygens (including phenoxy) is 1. The predicted molar refractivity (Wildman–Crippen MR) is 92.3 cm³/mol. The molecule has 122 valence electrons. The number of halogens is 2. The number of nitrogens with zero attached hydrogens (tertiary/aromatic N) is 1. The molecule has 7 heteroatoms. The van der Waals surface area contributed by atoms with Crippen molar-refractivity contribution >= 4 is 34.7 Å². The van der Waals surface area contributed by atoms with Gasteiger partial charge in [-0.25, -0.2) is 9.37 Å². The zero-order valence-corrected chi connectivity index (χ0v) is 13.9. The summed E-state index contributed by atoms with van der Waals surface area (Å²) in [5, 5.41) is 5.04. The molecule has 0 fully saturated rings. The third kappa shape index (κ3) is 4.31. The molecule has 3 aromatic rings. The minimum atomic E-state index is -0.312. The van der Waals surface area contributed by atoms with E-state index in [-0.39, 0.29) is 11.7 Å². The number of carbonyl (C=O) groups excluding carboxylic acids is 1. The first-order valence-electron chi connectivity index (χ1n) is 6.99. The molecule has 4 nitrogen and oxygen atoms in total. The summed E-state index contributed by atoms with van der Waals surface area (Å²) in [5.74, 6) is 0.441. The lowest BCUT2D eigenvalue weighted by Gasteiger charge is -2.04. The Labute approximate surface area is 146 Å². The molecule has 0 bridgehead atoms. The number of nitrogens with one attached hydrogen (secondary N) is 1. The van der Waals surface area contributed by atoms with E-state index in [4.69, 9.17) is 16.3 Å². The van der Waals surface area contributed by atoms with Crippen LogP contribution in [0.3, 0.4) is 0 Å². The number of rotatable bonds is 5. The van der Waals surface area contributed by atoms with Crippen LogP contribution >= 0.6 is 22.9 Å². The van der Waals surface area contributed by atoms with Crippen molar-refractivity contribution in [2.75, 3.05) is 5.32 Å². The maximum atomic E-state index is 12.8.